The van der Waals surface area contributed by atoms with Gasteiger partial charge in [-0.1, -0.05) is 12.1 Å². The Balaban J connectivity index is 2.06. The lowest BCUT2D eigenvalue weighted by Crippen LogP contribution is -2.03. The Kier molecular flexibility index (Phi) is 4.71. The molecule has 0 saturated carbocycles. The summed E-state index contributed by atoms with van der Waals surface area (Å²) in [6.07, 6.45) is 3.25. The van der Waals surface area contributed by atoms with Gasteiger partial charge in [0.2, 0.25) is 5.88 Å². The van der Waals surface area contributed by atoms with Gasteiger partial charge in [-0.05, 0) is 36.8 Å². The number of rotatable bonds is 4. The van der Waals surface area contributed by atoms with Gasteiger partial charge < -0.3 is 9.84 Å². The number of ether oxygens (including phenoxy) is 1. The van der Waals surface area contributed by atoms with Crippen molar-refractivity contribution in [1.82, 2.24) is 14.4 Å². The van der Waals surface area contributed by atoms with Gasteiger partial charge in [-0.25, -0.2) is 14.4 Å². The van der Waals surface area contributed by atoms with Crippen LogP contribution in [0.1, 0.15) is 16.7 Å². The predicted molar refractivity (Wildman–Crippen MR) is 106 cm³/mol. The average Bonchev–Trinajstić information content (AvgIpc) is 3.22. The van der Waals surface area contributed by atoms with Gasteiger partial charge in [0.05, 0.1) is 49.3 Å². The number of imidazole rings is 1. The first-order valence-corrected chi connectivity index (χ1v) is 8.88. The number of aliphatic hydroxyl groups excluding tert-OH is 1. The molecule has 0 aliphatic carbocycles. The molecule has 6 nitrogen and oxygen atoms in total. The second-order valence-electron chi connectivity index (χ2n) is 6.57. The molecule has 4 rings (SSSR count). The van der Waals surface area contributed by atoms with Crippen LogP contribution in [0.2, 0.25) is 0 Å². The third kappa shape index (κ3) is 3.10. The van der Waals surface area contributed by atoms with Crippen molar-refractivity contribution in [3.05, 3.63) is 71.4 Å². The number of aromatic nitrogens is 3. The number of halogens is 1. The highest BCUT2D eigenvalue weighted by atomic mass is 19.1. The first-order chi connectivity index (χ1) is 14.1. The molecule has 0 saturated heterocycles. The van der Waals surface area contributed by atoms with E-state index in [0.717, 1.165) is 5.56 Å². The van der Waals surface area contributed by atoms with Crippen molar-refractivity contribution in [2.24, 2.45) is 0 Å². The van der Waals surface area contributed by atoms with E-state index in [9.17, 15) is 9.50 Å². The fraction of sp³-hybridized carbons (Fsp3) is 0.136. The topological polar surface area (TPSA) is 83.4 Å². The lowest BCUT2D eigenvalue weighted by molar-refractivity contribution is 0.275. The van der Waals surface area contributed by atoms with Crippen LogP contribution in [0.15, 0.2) is 48.9 Å². The fourth-order valence-electron chi connectivity index (χ4n) is 3.40. The molecule has 1 N–H and O–H groups in total. The van der Waals surface area contributed by atoms with E-state index in [4.69, 9.17) is 10.00 Å². The van der Waals surface area contributed by atoms with Gasteiger partial charge in [-0.2, -0.15) is 5.26 Å². The fourth-order valence-corrected chi connectivity index (χ4v) is 3.40. The van der Waals surface area contributed by atoms with Crippen LogP contribution in [-0.2, 0) is 6.61 Å². The van der Waals surface area contributed by atoms with Crippen LogP contribution >= 0.6 is 0 Å². The van der Waals surface area contributed by atoms with E-state index in [1.807, 2.05) is 6.07 Å². The molecule has 0 radical (unpaired) electrons. The van der Waals surface area contributed by atoms with Crippen LogP contribution in [-0.4, -0.2) is 26.6 Å². The summed E-state index contributed by atoms with van der Waals surface area (Å²) in [5.74, 6) is -0.104. The maximum atomic E-state index is 14.6. The zero-order valence-corrected chi connectivity index (χ0v) is 15.8. The van der Waals surface area contributed by atoms with Gasteiger partial charge in [0.15, 0.2) is 0 Å². The SMILES string of the molecule is COc1nc(-c2ccc(C#N)cc2)c(-c2cc(C)c(CO)c(F)c2)n2cncc12. The number of hydrogen-bond donors (Lipinski definition) is 1. The maximum absolute atomic E-state index is 14.6. The molecule has 0 fully saturated rings. The van der Waals surface area contributed by atoms with Gasteiger partial charge in [-0.15, -0.1) is 0 Å². The van der Waals surface area contributed by atoms with Crippen LogP contribution in [0.3, 0.4) is 0 Å². The summed E-state index contributed by atoms with van der Waals surface area (Å²) in [7, 11) is 1.53. The molecule has 0 spiro atoms. The summed E-state index contributed by atoms with van der Waals surface area (Å²) in [4.78, 5) is 8.86. The Hall–Kier alpha value is -3.76. The monoisotopic (exact) mass is 388 g/mol. The van der Waals surface area contributed by atoms with E-state index in [0.29, 0.717) is 39.5 Å². The van der Waals surface area contributed by atoms with E-state index in [2.05, 4.69) is 16.0 Å². The molecule has 29 heavy (non-hydrogen) atoms. The molecule has 4 aromatic rings. The molecule has 0 bridgehead atoms. The zero-order valence-electron chi connectivity index (χ0n) is 15.8. The highest BCUT2D eigenvalue weighted by Gasteiger charge is 2.20. The average molecular weight is 388 g/mol. The quantitative estimate of drug-likeness (QED) is 0.574. The number of aliphatic hydroxyl groups is 1. The Morgan fingerprint density at radius 2 is 1.97 bits per heavy atom. The van der Waals surface area contributed by atoms with E-state index >= 15 is 0 Å². The minimum atomic E-state index is -0.489. The maximum Gasteiger partial charge on any atom is 0.240 e. The lowest BCUT2D eigenvalue weighted by Gasteiger charge is -2.16. The molecule has 144 valence electrons. The van der Waals surface area contributed by atoms with Crippen molar-refractivity contribution in [2.75, 3.05) is 7.11 Å². The van der Waals surface area contributed by atoms with Crippen LogP contribution in [0.25, 0.3) is 28.0 Å². The van der Waals surface area contributed by atoms with E-state index < -0.39 is 5.82 Å². The molecular formula is C22H17FN4O2. The standard InChI is InChI=1S/C22H17FN4O2/c1-13-7-16(8-18(23)17(13)11-28)21-20(15-5-3-14(9-24)4-6-15)26-22(29-2)19-10-25-12-27(19)21/h3-8,10,12,28H,11H2,1-2H3. The molecular weight excluding hydrogens is 371 g/mol. The van der Waals surface area contributed by atoms with E-state index in [-0.39, 0.29) is 12.2 Å². The molecule has 0 unspecified atom stereocenters. The molecule has 2 aromatic heterocycles. The lowest BCUT2D eigenvalue weighted by atomic mass is 9.98. The number of methoxy groups -OCH3 is 1. The summed E-state index contributed by atoms with van der Waals surface area (Å²) in [6, 6.07) is 12.3. The second-order valence-corrected chi connectivity index (χ2v) is 6.57. The normalized spacial score (nSPS) is 10.9. The summed E-state index contributed by atoms with van der Waals surface area (Å²) in [5.41, 5.74) is 4.60. The zero-order chi connectivity index (χ0) is 20.5. The number of hydrogen-bond acceptors (Lipinski definition) is 5. The third-order valence-corrected chi connectivity index (χ3v) is 4.87. The summed E-state index contributed by atoms with van der Waals surface area (Å²) >= 11 is 0. The summed E-state index contributed by atoms with van der Waals surface area (Å²) in [5, 5.41) is 18.5. The Labute approximate surface area is 166 Å². The minimum absolute atomic E-state index is 0.261. The van der Waals surface area contributed by atoms with Crippen molar-refractivity contribution in [3.8, 4) is 34.5 Å². The van der Waals surface area contributed by atoms with Gasteiger partial charge in [0.1, 0.15) is 11.3 Å². The Bertz CT molecular complexity index is 1230. The molecule has 7 heteroatoms. The number of benzene rings is 2. The molecule has 2 heterocycles. The largest absolute Gasteiger partial charge is 0.479 e. The first-order valence-electron chi connectivity index (χ1n) is 8.88. The number of fused-ring (bicyclic) bond motifs is 1. The van der Waals surface area contributed by atoms with Crippen molar-refractivity contribution in [3.63, 3.8) is 0 Å². The highest BCUT2D eigenvalue weighted by molar-refractivity contribution is 5.82. The smallest absolute Gasteiger partial charge is 0.240 e. The molecule has 0 amide bonds. The van der Waals surface area contributed by atoms with Gasteiger partial charge in [0.25, 0.3) is 0 Å². The van der Waals surface area contributed by atoms with Crippen molar-refractivity contribution < 1.29 is 14.2 Å². The van der Waals surface area contributed by atoms with Gasteiger partial charge in [-0.3, -0.25) is 4.40 Å². The second kappa shape index (κ2) is 7.34. The molecule has 0 aliphatic heterocycles. The minimum Gasteiger partial charge on any atom is -0.479 e. The van der Waals surface area contributed by atoms with Crippen LogP contribution < -0.4 is 4.74 Å². The van der Waals surface area contributed by atoms with Crippen molar-refractivity contribution in [2.45, 2.75) is 13.5 Å². The molecule has 2 aromatic carbocycles. The Morgan fingerprint density at radius 1 is 1.21 bits per heavy atom. The summed E-state index contributed by atoms with van der Waals surface area (Å²) in [6.45, 7) is 1.38. The van der Waals surface area contributed by atoms with Crippen LogP contribution in [0, 0.1) is 24.1 Å². The van der Waals surface area contributed by atoms with Gasteiger partial charge in [0, 0.05) is 16.7 Å². The van der Waals surface area contributed by atoms with Crippen molar-refractivity contribution >= 4 is 5.52 Å². The molecule has 0 aliphatic rings. The van der Waals surface area contributed by atoms with E-state index in [1.165, 1.54) is 13.2 Å². The number of nitriles is 1. The number of aryl methyl sites for hydroxylation is 1. The predicted octanol–water partition coefficient (Wildman–Crippen LogP) is 3.88. The van der Waals surface area contributed by atoms with Crippen molar-refractivity contribution in [1.29, 1.82) is 5.26 Å². The highest BCUT2D eigenvalue weighted by Crippen LogP contribution is 2.36. The van der Waals surface area contributed by atoms with Crippen LogP contribution in [0.5, 0.6) is 5.88 Å². The van der Waals surface area contributed by atoms with Gasteiger partial charge >= 0.3 is 0 Å². The van der Waals surface area contributed by atoms with E-state index in [1.54, 1.807) is 48.1 Å². The Morgan fingerprint density at radius 3 is 2.59 bits per heavy atom. The first kappa shape index (κ1) is 18.6. The van der Waals surface area contributed by atoms with Crippen LogP contribution in [0.4, 0.5) is 4.39 Å². The third-order valence-electron chi connectivity index (χ3n) is 4.87. The number of nitrogens with zero attached hydrogens (tertiary/aromatic N) is 4. The summed E-state index contributed by atoms with van der Waals surface area (Å²) < 4.78 is 21.9. The molecule has 0 atom stereocenters.